The number of hydrogen-bond donors (Lipinski definition) is 3. The summed E-state index contributed by atoms with van der Waals surface area (Å²) < 4.78 is 16.4. The van der Waals surface area contributed by atoms with Gasteiger partial charge in [0, 0.05) is 5.56 Å². The number of amides is 1. The Hall–Kier alpha value is -2.77. The summed E-state index contributed by atoms with van der Waals surface area (Å²) in [7, 11) is 3.31. The average molecular weight is 430 g/mol. The molecule has 0 spiro atoms. The molecule has 1 aliphatic rings. The highest BCUT2D eigenvalue weighted by molar-refractivity contribution is 5.76. The molecule has 3 rings (SSSR count). The summed E-state index contributed by atoms with van der Waals surface area (Å²) in [6, 6.07) is 14.0. The first kappa shape index (κ1) is 22.9. The van der Waals surface area contributed by atoms with Gasteiger partial charge < -0.3 is 29.3 Å². The van der Waals surface area contributed by atoms with Gasteiger partial charge in [0.15, 0.2) is 18.0 Å². The molecule has 1 saturated heterocycles. The normalized spacial score (nSPS) is 18.3. The van der Waals surface area contributed by atoms with E-state index in [1.807, 2.05) is 37.3 Å². The molecule has 0 unspecified atom stereocenters. The fraction of sp³-hybridized carbons (Fsp3) is 0.458. The number of benzene rings is 2. The smallest absolute Gasteiger partial charge is 0.275 e. The fourth-order valence-electron chi connectivity index (χ4n) is 3.94. The standard InChI is InChI=1S/C24H33N3O4/c1-19-5-4-6-21(15-19)31-14-9-25-24(28)18-27-12-10-26(11-13-27)17-20-7-8-22(29-2)23(16-20)30-3/h4-8,15-16H,9-14,17-18H2,1-3H3,(H,25,28)/p+2. The third-order valence-corrected chi connectivity index (χ3v) is 5.66. The highest BCUT2D eigenvalue weighted by atomic mass is 16.5. The number of rotatable bonds is 10. The molecule has 2 aromatic rings. The molecule has 31 heavy (non-hydrogen) atoms. The van der Waals surface area contributed by atoms with Crippen molar-refractivity contribution in [3.8, 4) is 17.2 Å². The lowest BCUT2D eigenvalue weighted by Crippen LogP contribution is -3.28. The zero-order valence-corrected chi connectivity index (χ0v) is 18.8. The van der Waals surface area contributed by atoms with E-state index in [4.69, 9.17) is 14.2 Å². The molecule has 0 bridgehead atoms. The monoisotopic (exact) mass is 429 g/mol. The summed E-state index contributed by atoms with van der Waals surface area (Å²) in [5.74, 6) is 2.46. The van der Waals surface area contributed by atoms with Crippen LogP contribution in [0.4, 0.5) is 0 Å². The molecule has 0 saturated carbocycles. The third-order valence-electron chi connectivity index (χ3n) is 5.66. The first-order valence-electron chi connectivity index (χ1n) is 10.9. The molecule has 3 N–H and O–H groups in total. The number of ether oxygens (including phenoxy) is 3. The van der Waals surface area contributed by atoms with E-state index in [1.165, 1.54) is 15.4 Å². The van der Waals surface area contributed by atoms with Crippen LogP contribution in [0.25, 0.3) is 0 Å². The Kier molecular flexibility index (Phi) is 8.55. The maximum atomic E-state index is 12.3. The molecule has 2 aromatic carbocycles. The summed E-state index contributed by atoms with van der Waals surface area (Å²) in [6.45, 7) is 8.61. The molecule has 7 nitrogen and oxygen atoms in total. The highest BCUT2D eigenvalue weighted by Gasteiger charge is 2.25. The van der Waals surface area contributed by atoms with Crippen molar-refractivity contribution in [3.63, 3.8) is 0 Å². The minimum atomic E-state index is 0.0891. The van der Waals surface area contributed by atoms with Gasteiger partial charge in [-0.25, -0.2) is 0 Å². The maximum absolute atomic E-state index is 12.3. The van der Waals surface area contributed by atoms with Gasteiger partial charge in [-0.05, 0) is 42.8 Å². The quantitative estimate of drug-likeness (QED) is 0.445. The van der Waals surface area contributed by atoms with Crippen molar-refractivity contribution in [1.82, 2.24) is 5.32 Å². The van der Waals surface area contributed by atoms with E-state index < -0.39 is 0 Å². The average Bonchev–Trinajstić information content (AvgIpc) is 2.78. The van der Waals surface area contributed by atoms with Crippen molar-refractivity contribution >= 4 is 5.91 Å². The molecule has 0 atom stereocenters. The van der Waals surface area contributed by atoms with Gasteiger partial charge in [0.05, 0.1) is 20.8 Å². The van der Waals surface area contributed by atoms with Crippen LogP contribution in [0.2, 0.25) is 0 Å². The van der Waals surface area contributed by atoms with Gasteiger partial charge in [0.25, 0.3) is 5.91 Å². The van der Waals surface area contributed by atoms with Crippen LogP contribution < -0.4 is 29.3 Å². The van der Waals surface area contributed by atoms with E-state index in [0.29, 0.717) is 19.7 Å². The van der Waals surface area contributed by atoms with Crippen LogP contribution in [0.3, 0.4) is 0 Å². The number of aryl methyl sites for hydroxylation is 1. The lowest BCUT2D eigenvalue weighted by molar-refractivity contribution is -1.02. The van der Waals surface area contributed by atoms with E-state index in [9.17, 15) is 4.79 Å². The molecule has 0 aromatic heterocycles. The van der Waals surface area contributed by atoms with Gasteiger partial charge in [0.2, 0.25) is 0 Å². The fourth-order valence-corrected chi connectivity index (χ4v) is 3.94. The summed E-state index contributed by atoms with van der Waals surface area (Å²) in [5, 5.41) is 2.97. The van der Waals surface area contributed by atoms with Gasteiger partial charge >= 0.3 is 0 Å². The van der Waals surface area contributed by atoms with Crippen LogP contribution >= 0.6 is 0 Å². The lowest BCUT2D eigenvalue weighted by Gasteiger charge is -2.29. The molecule has 1 amide bonds. The van der Waals surface area contributed by atoms with Crippen LogP contribution in [0, 0.1) is 6.92 Å². The largest absolute Gasteiger partial charge is 0.493 e. The topological polar surface area (TPSA) is 65.7 Å². The van der Waals surface area contributed by atoms with Gasteiger partial charge in [-0.2, -0.15) is 0 Å². The Morgan fingerprint density at radius 1 is 0.968 bits per heavy atom. The molecule has 1 aliphatic heterocycles. The Labute approximate surface area is 184 Å². The predicted octanol–water partition coefficient (Wildman–Crippen LogP) is -0.509. The highest BCUT2D eigenvalue weighted by Crippen LogP contribution is 2.27. The second-order valence-corrected chi connectivity index (χ2v) is 8.06. The van der Waals surface area contributed by atoms with Crippen molar-refractivity contribution in [2.45, 2.75) is 13.5 Å². The Bertz CT molecular complexity index is 850. The number of quaternary nitrogens is 2. The maximum Gasteiger partial charge on any atom is 0.275 e. The van der Waals surface area contributed by atoms with Crippen LogP contribution in [-0.4, -0.2) is 66.0 Å². The molecule has 168 valence electrons. The molecule has 0 radical (unpaired) electrons. The minimum Gasteiger partial charge on any atom is -0.493 e. The predicted molar refractivity (Wildman–Crippen MR) is 119 cm³/mol. The van der Waals surface area contributed by atoms with E-state index in [1.54, 1.807) is 14.2 Å². The first-order valence-corrected chi connectivity index (χ1v) is 10.9. The number of hydrogen-bond acceptors (Lipinski definition) is 4. The first-order chi connectivity index (χ1) is 15.1. The Balaban J connectivity index is 1.33. The van der Waals surface area contributed by atoms with E-state index in [-0.39, 0.29) is 5.91 Å². The Morgan fingerprint density at radius 3 is 2.42 bits per heavy atom. The molecular weight excluding hydrogens is 394 g/mol. The number of methoxy groups -OCH3 is 2. The summed E-state index contributed by atoms with van der Waals surface area (Å²) in [5.41, 5.74) is 2.40. The number of piperazine rings is 1. The van der Waals surface area contributed by atoms with Crippen LogP contribution in [-0.2, 0) is 11.3 Å². The van der Waals surface area contributed by atoms with Gasteiger partial charge in [-0.3, -0.25) is 4.79 Å². The third kappa shape index (κ3) is 7.15. The number of nitrogens with one attached hydrogen (secondary N) is 3. The van der Waals surface area contributed by atoms with E-state index >= 15 is 0 Å². The molecule has 7 heteroatoms. The summed E-state index contributed by atoms with van der Waals surface area (Å²) >= 11 is 0. The van der Waals surface area contributed by atoms with Crippen molar-refractivity contribution < 1.29 is 28.8 Å². The second kappa shape index (κ2) is 11.6. The lowest BCUT2D eigenvalue weighted by atomic mass is 10.1. The van der Waals surface area contributed by atoms with E-state index in [2.05, 4.69) is 17.4 Å². The van der Waals surface area contributed by atoms with Gasteiger partial charge in [-0.15, -0.1) is 0 Å². The van der Waals surface area contributed by atoms with Gasteiger partial charge in [0.1, 0.15) is 45.1 Å². The van der Waals surface area contributed by atoms with Crippen molar-refractivity contribution in [1.29, 1.82) is 0 Å². The Morgan fingerprint density at radius 2 is 1.71 bits per heavy atom. The minimum absolute atomic E-state index is 0.0891. The van der Waals surface area contributed by atoms with Crippen LogP contribution in [0.1, 0.15) is 11.1 Å². The SMILES string of the molecule is COc1ccc(C[NH+]2CC[NH+](CC(=O)NCCOc3cccc(C)c3)CC2)cc1OC. The zero-order chi connectivity index (χ0) is 22.1. The summed E-state index contributed by atoms with van der Waals surface area (Å²) in [6.07, 6.45) is 0. The van der Waals surface area contributed by atoms with E-state index in [0.717, 1.165) is 55.5 Å². The van der Waals surface area contributed by atoms with Gasteiger partial charge in [-0.1, -0.05) is 12.1 Å². The second-order valence-electron chi connectivity index (χ2n) is 8.06. The molecule has 1 heterocycles. The number of carbonyl (C=O) groups excluding carboxylic acids is 1. The number of carbonyl (C=O) groups is 1. The zero-order valence-electron chi connectivity index (χ0n) is 18.8. The molecular formula is C24H35N3O4+2. The molecule has 0 aliphatic carbocycles. The van der Waals surface area contributed by atoms with Crippen molar-refractivity contribution in [2.75, 3.05) is 60.1 Å². The van der Waals surface area contributed by atoms with Crippen molar-refractivity contribution in [2.24, 2.45) is 0 Å². The molecule has 1 fully saturated rings. The van der Waals surface area contributed by atoms with Crippen molar-refractivity contribution in [3.05, 3.63) is 53.6 Å². The van der Waals surface area contributed by atoms with Crippen LogP contribution in [0.15, 0.2) is 42.5 Å². The van der Waals surface area contributed by atoms with Crippen LogP contribution in [0.5, 0.6) is 17.2 Å². The summed E-state index contributed by atoms with van der Waals surface area (Å²) in [4.78, 5) is 15.1.